The third-order valence-corrected chi connectivity index (χ3v) is 8.17. The zero-order valence-electron chi connectivity index (χ0n) is 24.0. The minimum atomic E-state index is -0.700. The van der Waals surface area contributed by atoms with Gasteiger partial charge in [-0.2, -0.15) is 0 Å². The molecule has 6 aromatic carbocycles. The molecule has 0 fully saturated rings. The van der Waals surface area contributed by atoms with Gasteiger partial charge >= 0.3 is 0 Å². The molecular weight excluding hydrogens is 512 g/mol. The predicted molar refractivity (Wildman–Crippen MR) is 172 cm³/mol. The van der Waals surface area contributed by atoms with E-state index in [1.165, 1.54) is 16.7 Å². The number of rotatable bonds is 9. The molecule has 0 bridgehead atoms. The first-order valence-electron chi connectivity index (χ1n) is 14.3. The van der Waals surface area contributed by atoms with Gasteiger partial charge in [-0.15, -0.1) is 0 Å². The monoisotopic (exact) mass is 546 g/mol. The van der Waals surface area contributed by atoms with E-state index in [0.717, 1.165) is 33.8 Å². The Labute approximate surface area is 248 Å². The van der Waals surface area contributed by atoms with Crippen LogP contribution in [0, 0.1) is 0 Å². The van der Waals surface area contributed by atoms with Crippen LogP contribution < -0.4 is 9.47 Å². The minimum Gasteiger partial charge on any atom is -0.496 e. The standard InChI is InChI=1S/C40H34O2/c1-41-37-24-14-12-22-35(37)40(33-20-10-5-11-21-33,36-23-13-15-25-38(36)42-2)34-28-26-32(27-29-34)39(30-16-6-3-7-17-30)31-18-8-4-9-19-31/h3-29,39H,1-2H3. The largest absolute Gasteiger partial charge is 0.496 e. The SMILES string of the molecule is COc1ccccc1C(c1ccccc1)(c1ccc(C(c2ccccc2)c2ccccc2)cc1)c1ccccc1OC. The Bertz CT molecular complexity index is 1640. The fraction of sp³-hybridized carbons (Fsp3) is 0.100. The van der Waals surface area contributed by atoms with Gasteiger partial charge in [-0.05, 0) is 39.9 Å². The Hall–Kier alpha value is -5.08. The van der Waals surface area contributed by atoms with Gasteiger partial charge in [0, 0.05) is 17.0 Å². The van der Waals surface area contributed by atoms with Crippen molar-refractivity contribution in [3.05, 3.63) is 203 Å². The van der Waals surface area contributed by atoms with Gasteiger partial charge in [0.2, 0.25) is 0 Å². The lowest BCUT2D eigenvalue weighted by atomic mass is 9.64. The summed E-state index contributed by atoms with van der Waals surface area (Å²) in [7, 11) is 3.48. The lowest BCUT2D eigenvalue weighted by Gasteiger charge is -2.38. The van der Waals surface area contributed by atoms with Crippen LogP contribution in [0.3, 0.4) is 0 Å². The highest BCUT2D eigenvalue weighted by Crippen LogP contribution is 2.51. The van der Waals surface area contributed by atoms with Gasteiger partial charge < -0.3 is 9.47 Å². The number of hydrogen-bond donors (Lipinski definition) is 0. The van der Waals surface area contributed by atoms with Crippen molar-refractivity contribution in [2.45, 2.75) is 11.3 Å². The van der Waals surface area contributed by atoms with Gasteiger partial charge in [0.05, 0.1) is 19.6 Å². The quantitative estimate of drug-likeness (QED) is 0.168. The Morgan fingerprint density at radius 1 is 0.381 bits per heavy atom. The average Bonchev–Trinajstić information content (AvgIpc) is 3.08. The summed E-state index contributed by atoms with van der Waals surface area (Å²) in [6, 6.07) is 57.9. The molecule has 206 valence electrons. The van der Waals surface area contributed by atoms with Crippen LogP contribution in [0.2, 0.25) is 0 Å². The topological polar surface area (TPSA) is 18.5 Å². The van der Waals surface area contributed by atoms with Crippen molar-refractivity contribution >= 4 is 0 Å². The van der Waals surface area contributed by atoms with E-state index in [2.05, 4.69) is 140 Å². The summed E-state index contributed by atoms with van der Waals surface area (Å²) in [5.74, 6) is 1.76. The zero-order valence-corrected chi connectivity index (χ0v) is 24.0. The van der Waals surface area contributed by atoms with Crippen LogP contribution in [-0.2, 0) is 5.41 Å². The van der Waals surface area contributed by atoms with E-state index >= 15 is 0 Å². The van der Waals surface area contributed by atoms with Crippen molar-refractivity contribution in [1.29, 1.82) is 0 Å². The minimum absolute atomic E-state index is 0.116. The van der Waals surface area contributed by atoms with E-state index in [4.69, 9.17) is 9.47 Å². The number of para-hydroxylation sites is 2. The van der Waals surface area contributed by atoms with Crippen molar-refractivity contribution in [2.75, 3.05) is 14.2 Å². The summed E-state index contributed by atoms with van der Waals surface area (Å²) in [4.78, 5) is 0. The molecule has 0 saturated carbocycles. The normalized spacial score (nSPS) is 11.3. The second-order valence-electron chi connectivity index (χ2n) is 10.4. The molecule has 0 saturated heterocycles. The first kappa shape index (κ1) is 27.1. The second kappa shape index (κ2) is 12.2. The summed E-state index contributed by atoms with van der Waals surface area (Å²) in [5.41, 5.74) is 7.44. The molecule has 0 radical (unpaired) electrons. The van der Waals surface area contributed by atoms with E-state index < -0.39 is 5.41 Å². The summed E-state index contributed by atoms with van der Waals surface area (Å²) < 4.78 is 12.1. The third kappa shape index (κ3) is 4.86. The molecule has 0 aliphatic heterocycles. The van der Waals surface area contributed by atoms with Crippen molar-refractivity contribution in [1.82, 2.24) is 0 Å². The maximum absolute atomic E-state index is 6.03. The van der Waals surface area contributed by atoms with Crippen LogP contribution in [0.25, 0.3) is 0 Å². The number of ether oxygens (including phenoxy) is 2. The highest BCUT2D eigenvalue weighted by Gasteiger charge is 2.42. The van der Waals surface area contributed by atoms with Crippen LogP contribution in [0.4, 0.5) is 0 Å². The second-order valence-corrected chi connectivity index (χ2v) is 10.4. The zero-order chi connectivity index (χ0) is 28.8. The van der Waals surface area contributed by atoms with Crippen molar-refractivity contribution in [3.63, 3.8) is 0 Å². The lowest BCUT2D eigenvalue weighted by molar-refractivity contribution is 0.395. The summed E-state index contributed by atoms with van der Waals surface area (Å²) in [5, 5.41) is 0. The van der Waals surface area contributed by atoms with E-state index in [1.54, 1.807) is 14.2 Å². The van der Waals surface area contributed by atoms with E-state index in [1.807, 2.05) is 24.3 Å². The van der Waals surface area contributed by atoms with Gasteiger partial charge in [-0.3, -0.25) is 0 Å². The smallest absolute Gasteiger partial charge is 0.123 e. The molecule has 0 unspecified atom stereocenters. The molecule has 6 rings (SSSR count). The third-order valence-electron chi connectivity index (χ3n) is 8.17. The molecular formula is C40H34O2. The Morgan fingerprint density at radius 3 is 1.19 bits per heavy atom. The van der Waals surface area contributed by atoms with Crippen molar-refractivity contribution in [3.8, 4) is 11.5 Å². The van der Waals surface area contributed by atoms with Crippen molar-refractivity contribution in [2.24, 2.45) is 0 Å². The predicted octanol–water partition coefficient (Wildman–Crippen LogP) is 9.27. The molecule has 0 atom stereocenters. The highest BCUT2D eigenvalue weighted by atomic mass is 16.5. The molecule has 2 nitrogen and oxygen atoms in total. The van der Waals surface area contributed by atoms with E-state index in [9.17, 15) is 0 Å². The van der Waals surface area contributed by atoms with Gasteiger partial charge in [0.1, 0.15) is 11.5 Å². The van der Waals surface area contributed by atoms with Gasteiger partial charge in [0.25, 0.3) is 0 Å². The first-order chi connectivity index (χ1) is 20.8. The molecule has 0 aliphatic rings. The molecule has 0 N–H and O–H groups in total. The summed E-state index contributed by atoms with van der Waals surface area (Å²) in [6.07, 6.45) is 0. The fourth-order valence-electron chi connectivity index (χ4n) is 6.32. The van der Waals surface area contributed by atoms with Crippen LogP contribution in [0.15, 0.2) is 164 Å². The molecule has 0 amide bonds. The molecule has 0 spiro atoms. The van der Waals surface area contributed by atoms with Crippen LogP contribution in [0.5, 0.6) is 11.5 Å². The maximum Gasteiger partial charge on any atom is 0.123 e. The Kier molecular flexibility index (Phi) is 7.87. The van der Waals surface area contributed by atoms with Gasteiger partial charge in [-0.25, -0.2) is 0 Å². The highest BCUT2D eigenvalue weighted by molar-refractivity contribution is 5.66. The van der Waals surface area contributed by atoms with Gasteiger partial charge in [-0.1, -0.05) is 152 Å². The summed E-state index contributed by atoms with van der Waals surface area (Å²) in [6.45, 7) is 0. The maximum atomic E-state index is 6.03. The first-order valence-corrected chi connectivity index (χ1v) is 14.3. The fourth-order valence-corrected chi connectivity index (χ4v) is 6.32. The molecule has 42 heavy (non-hydrogen) atoms. The lowest BCUT2D eigenvalue weighted by Crippen LogP contribution is -2.32. The van der Waals surface area contributed by atoms with Gasteiger partial charge in [0.15, 0.2) is 0 Å². The molecule has 0 aromatic heterocycles. The van der Waals surface area contributed by atoms with Crippen LogP contribution in [-0.4, -0.2) is 14.2 Å². The van der Waals surface area contributed by atoms with E-state index in [0.29, 0.717) is 0 Å². The van der Waals surface area contributed by atoms with Crippen LogP contribution in [0.1, 0.15) is 44.9 Å². The Balaban J connectivity index is 1.63. The Morgan fingerprint density at radius 2 is 0.738 bits per heavy atom. The number of hydrogen-bond acceptors (Lipinski definition) is 2. The average molecular weight is 547 g/mol. The van der Waals surface area contributed by atoms with Crippen molar-refractivity contribution < 1.29 is 9.47 Å². The van der Waals surface area contributed by atoms with E-state index in [-0.39, 0.29) is 5.92 Å². The number of benzene rings is 6. The van der Waals surface area contributed by atoms with Crippen LogP contribution >= 0.6 is 0 Å². The molecule has 2 heteroatoms. The number of methoxy groups -OCH3 is 2. The summed E-state index contributed by atoms with van der Waals surface area (Å²) >= 11 is 0. The molecule has 0 heterocycles. The molecule has 6 aromatic rings. The molecule has 0 aliphatic carbocycles.